The van der Waals surface area contributed by atoms with Gasteiger partial charge < -0.3 is 30.5 Å². The first kappa shape index (κ1) is 19.1. The van der Waals surface area contributed by atoms with Gasteiger partial charge in [0.15, 0.2) is 11.5 Å². The lowest BCUT2D eigenvalue weighted by Gasteiger charge is -2.34. The van der Waals surface area contributed by atoms with Crippen molar-refractivity contribution in [2.45, 2.75) is 6.04 Å². The van der Waals surface area contributed by atoms with Gasteiger partial charge in [0, 0.05) is 11.4 Å². The normalized spacial score (nSPS) is 18.6. The van der Waals surface area contributed by atoms with Crippen molar-refractivity contribution in [3.8, 4) is 17.2 Å². The number of aromatic hydroxyl groups is 1. The van der Waals surface area contributed by atoms with Gasteiger partial charge in [0.2, 0.25) is 5.91 Å². The van der Waals surface area contributed by atoms with Gasteiger partial charge in [0.05, 0.1) is 20.3 Å². The van der Waals surface area contributed by atoms with Gasteiger partial charge in [-0.3, -0.25) is 4.79 Å². The average molecular weight is 383 g/mol. The molecule has 3 amide bonds. The van der Waals surface area contributed by atoms with Crippen molar-refractivity contribution in [3.05, 3.63) is 60.3 Å². The summed E-state index contributed by atoms with van der Waals surface area (Å²) in [4.78, 5) is 24.9. The lowest BCUT2D eigenvalue weighted by Crippen LogP contribution is -2.51. The quantitative estimate of drug-likeness (QED) is 0.634. The molecule has 2 aromatic carbocycles. The van der Waals surface area contributed by atoms with Crippen LogP contribution in [0.2, 0.25) is 0 Å². The first-order valence-electron chi connectivity index (χ1n) is 8.51. The highest BCUT2D eigenvalue weighted by atomic mass is 16.5. The fraction of sp³-hybridized carbons (Fsp3) is 0.200. The molecule has 0 saturated carbocycles. The molecule has 0 spiro atoms. The molecule has 4 N–H and O–H groups in total. The van der Waals surface area contributed by atoms with Crippen molar-refractivity contribution in [1.29, 1.82) is 0 Å². The fourth-order valence-electron chi connectivity index (χ4n) is 3.07. The number of methoxy groups -OCH3 is 2. The first-order valence-corrected chi connectivity index (χ1v) is 8.51. The summed E-state index contributed by atoms with van der Waals surface area (Å²) in [6, 6.07) is 10.4. The monoisotopic (exact) mass is 383 g/mol. The van der Waals surface area contributed by atoms with E-state index in [1.54, 1.807) is 43.5 Å². The highest BCUT2D eigenvalue weighted by molar-refractivity contribution is 5.97. The average Bonchev–Trinajstić information content (AvgIpc) is 2.67. The van der Waals surface area contributed by atoms with Crippen molar-refractivity contribution in [1.82, 2.24) is 10.6 Å². The Bertz CT molecular complexity index is 911. The lowest BCUT2D eigenvalue weighted by atomic mass is 9.88. The second kappa shape index (κ2) is 7.91. The summed E-state index contributed by atoms with van der Waals surface area (Å²) in [5.41, 5.74) is 1.38. The third-order valence-electron chi connectivity index (χ3n) is 4.47. The molecule has 8 nitrogen and oxygen atoms in total. The molecule has 1 aliphatic heterocycles. The van der Waals surface area contributed by atoms with Gasteiger partial charge in [-0.05, 0) is 42.0 Å². The molecule has 1 saturated heterocycles. The van der Waals surface area contributed by atoms with E-state index in [1.807, 2.05) is 0 Å². The Morgan fingerprint density at radius 2 is 1.86 bits per heavy atom. The molecule has 1 heterocycles. The van der Waals surface area contributed by atoms with Crippen LogP contribution in [0.3, 0.4) is 0 Å². The summed E-state index contributed by atoms with van der Waals surface area (Å²) in [5.74, 6) is -0.286. The minimum absolute atomic E-state index is 0.0901. The maximum absolute atomic E-state index is 12.9. The van der Waals surface area contributed by atoms with E-state index in [-0.39, 0.29) is 17.4 Å². The van der Waals surface area contributed by atoms with E-state index in [1.165, 1.54) is 13.2 Å². The lowest BCUT2D eigenvalue weighted by molar-refractivity contribution is -0.119. The summed E-state index contributed by atoms with van der Waals surface area (Å²) in [5, 5.41) is 18.1. The molecule has 2 atom stereocenters. The Morgan fingerprint density at radius 1 is 1.14 bits per heavy atom. The zero-order chi connectivity index (χ0) is 20.3. The first-order chi connectivity index (χ1) is 13.4. The van der Waals surface area contributed by atoms with E-state index in [4.69, 9.17) is 9.47 Å². The van der Waals surface area contributed by atoms with Gasteiger partial charge in [0.1, 0.15) is 11.7 Å². The molecule has 28 heavy (non-hydrogen) atoms. The molecule has 3 rings (SSSR count). The number of carbonyl (C=O) groups is 2. The Kier molecular flexibility index (Phi) is 5.39. The molecule has 0 unspecified atom stereocenters. The number of hydrogen-bond donors (Lipinski definition) is 4. The molecule has 2 aromatic rings. The van der Waals surface area contributed by atoms with Crippen molar-refractivity contribution in [2.75, 3.05) is 19.5 Å². The number of carbonyl (C=O) groups excluding carboxylic acids is 2. The van der Waals surface area contributed by atoms with Gasteiger partial charge >= 0.3 is 6.03 Å². The molecule has 0 radical (unpaired) electrons. The minimum atomic E-state index is -0.799. The van der Waals surface area contributed by atoms with Crippen molar-refractivity contribution < 1.29 is 24.2 Å². The fourth-order valence-corrected chi connectivity index (χ4v) is 3.07. The van der Waals surface area contributed by atoms with Crippen LogP contribution in [0.4, 0.5) is 10.5 Å². The zero-order valence-corrected chi connectivity index (χ0v) is 15.5. The number of phenols is 1. The molecule has 1 fully saturated rings. The summed E-state index contributed by atoms with van der Waals surface area (Å²) < 4.78 is 10.2. The van der Waals surface area contributed by atoms with Crippen LogP contribution >= 0.6 is 0 Å². The SMILES string of the molecule is C=C1NC(=O)N[C@@H](c2ccc(OC)c(O)c2)[C@@H]1C(=O)Nc1ccc(OC)cc1. The van der Waals surface area contributed by atoms with Crippen LogP contribution in [-0.2, 0) is 4.79 Å². The summed E-state index contributed by atoms with van der Waals surface area (Å²) in [7, 11) is 3.00. The third kappa shape index (κ3) is 3.85. The zero-order valence-electron chi connectivity index (χ0n) is 15.5. The van der Waals surface area contributed by atoms with Crippen molar-refractivity contribution in [3.63, 3.8) is 0 Å². The molecule has 0 aromatic heterocycles. The second-order valence-electron chi connectivity index (χ2n) is 6.23. The second-order valence-corrected chi connectivity index (χ2v) is 6.23. The maximum atomic E-state index is 12.9. The van der Waals surface area contributed by atoms with Gasteiger partial charge in [-0.1, -0.05) is 12.6 Å². The number of rotatable bonds is 5. The van der Waals surface area contributed by atoms with Crippen LogP contribution < -0.4 is 25.4 Å². The molecule has 0 aliphatic carbocycles. The van der Waals surface area contributed by atoms with Crippen molar-refractivity contribution >= 4 is 17.6 Å². The number of ether oxygens (including phenoxy) is 2. The Labute approximate surface area is 162 Å². The Morgan fingerprint density at radius 3 is 2.46 bits per heavy atom. The number of anilines is 1. The number of hydrogen-bond acceptors (Lipinski definition) is 5. The van der Waals surface area contributed by atoms with Gasteiger partial charge in [0.25, 0.3) is 0 Å². The topological polar surface area (TPSA) is 109 Å². The summed E-state index contributed by atoms with van der Waals surface area (Å²) >= 11 is 0. The number of phenolic OH excluding ortho intramolecular Hbond substituents is 1. The van der Waals surface area contributed by atoms with Crippen LogP contribution in [0.1, 0.15) is 11.6 Å². The standard InChI is InChI=1S/C20H21N3O5/c1-11-17(19(25)22-13-5-7-14(27-2)8-6-13)18(23-20(26)21-11)12-4-9-16(28-3)15(24)10-12/h4-10,17-18,24H,1H2,2-3H3,(H,22,25)(H2,21,23,26)/t17-,18+/m1/s1. The minimum Gasteiger partial charge on any atom is -0.504 e. The van der Waals surface area contributed by atoms with E-state index >= 15 is 0 Å². The molecule has 1 aliphatic rings. The Hall–Kier alpha value is -3.68. The third-order valence-corrected chi connectivity index (χ3v) is 4.47. The van der Waals surface area contributed by atoms with Crippen LogP contribution in [0.15, 0.2) is 54.7 Å². The highest BCUT2D eigenvalue weighted by Gasteiger charge is 2.38. The van der Waals surface area contributed by atoms with E-state index in [0.717, 1.165) is 0 Å². The van der Waals surface area contributed by atoms with Crippen molar-refractivity contribution in [2.24, 2.45) is 5.92 Å². The van der Waals surface area contributed by atoms with Gasteiger partial charge in [-0.2, -0.15) is 0 Å². The van der Waals surface area contributed by atoms with Gasteiger partial charge in [-0.15, -0.1) is 0 Å². The number of nitrogens with one attached hydrogen (secondary N) is 3. The summed E-state index contributed by atoms with van der Waals surface area (Å²) in [6.07, 6.45) is 0. The molecule has 146 valence electrons. The van der Waals surface area contributed by atoms with E-state index in [0.29, 0.717) is 22.7 Å². The van der Waals surface area contributed by atoms with E-state index in [9.17, 15) is 14.7 Å². The molecule has 8 heteroatoms. The predicted molar refractivity (Wildman–Crippen MR) is 103 cm³/mol. The smallest absolute Gasteiger partial charge is 0.319 e. The Balaban J connectivity index is 1.88. The predicted octanol–water partition coefficient (Wildman–Crippen LogP) is 2.53. The van der Waals surface area contributed by atoms with Gasteiger partial charge in [-0.25, -0.2) is 4.79 Å². The van der Waals surface area contributed by atoms with Crippen LogP contribution in [0.25, 0.3) is 0 Å². The van der Waals surface area contributed by atoms with Crippen LogP contribution in [0.5, 0.6) is 17.2 Å². The number of amides is 3. The molecular weight excluding hydrogens is 362 g/mol. The summed E-state index contributed by atoms with van der Waals surface area (Å²) in [6.45, 7) is 3.83. The molecule has 0 bridgehead atoms. The number of benzene rings is 2. The number of urea groups is 1. The largest absolute Gasteiger partial charge is 0.504 e. The van der Waals surface area contributed by atoms with Crippen LogP contribution in [0, 0.1) is 5.92 Å². The highest BCUT2D eigenvalue weighted by Crippen LogP contribution is 2.35. The van der Waals surface area contributed by atoms with E-state index in [2.05, 4.69) is 22.5 Å². The maximum Gasteiger partial charge on any atom is 0.319 e. The van der Waals surface area contributed by atoms with E-state index < -0.39 is 18.0 Å². The van der Waals surface area contributed by atoms with Crippen LogP contribution in [-0.4, -0.2) is 31.3 Å². The molecular formula is C20H21N3O5.